The molecule has 0 spiro atoms. The molecule has 140 valence electrons. The Morgan fingerprint density at radius 1 is 1.15 bits per heavy atom. The van der Waals surface area contributed by atoms with Crippen LogP contribution in [0.25, 0.3) is 5.69 Å². The molecule has 0 atom stereocenters. The third kappa shape index (κ3) is 3.89. The number of anilines is 1. The molecule has 0 bridgehead atoms. The Morgan fingerprint density at radius 2 is 1.93 bits per heavy atom. The van der Waals surface area contributed by atoms with Crippen LogP contribution in [0.3, 0.4) is 0 Å². The molecule has 1 aromatic heterocycles. The molecule has 0 radical (unpaired) electrons. The van der Waals surface area contributed by atoms with Gasteiger partial charge in [0.1, 0.15) is 12.4 Å². The molecule has 0 aliphatic carbocycles. The molecule has 0 aliphatic heterocycles. The van der Waals surface area contributed by atoms with Gasteiger partial charge in [0.25, 0.3) is 0 Å². The maximum atomic E-state index is 12.2. The smallest absolute Gasteiger partial charge is 0.368 e. The third-order valence-electron chi connectivity index (χ3n) is 4.20. The Morgan fingerprint density at radius 3 is 2.56 bits per heavy atom. The molecule has 0 saturated carbocycles. The maximum absolute atomic E-state index is 12.2. The second-order valence-electron chi connectivity index (χ2n) is 6.32. The van der Waals surface area contributed by atoms with Gasteiger partial charge in [0, 0.05) is 25.2 Å². The van der Waals surface area contributed by atoms with Crippen LogP contribution in [0.5, 0.6) is 5.75 Å². The highest BCUT2D eigenvalue weighted by atomic mass is 16.5. The number of rotatable bonds is 5. The van der Waals surface area contributed by atoms with Crippen LogP contribution in [0.1, 0.15) is 23.6 Å². The van der Waals surface area contributed by atoms with E-state index in [1.54, 1.807) is 13.1 Å². The summed E-state index contributed by atoms with van der Waals surface area (Å²) in [4.78, 5) is 23.4. The van der Waals surface area contributed by atoms with E-state index in [2.05, 4.69) is 15.7 Å². The van der Waals surface area contributed by atoms with Crippen molar-refractivity contribution in [1.29, 1.82) is 0 Å². The van der Waals surface area contributed by atoms with E-state index in [-0.39, 0.29) is 18.2 Å². The predicted octanol–water partition coefficient (Wildman–Crippen LogP) is 2.12. The second-order valence-corrected chi connectivity index (χ2v) is 6.32. The number of nitrogens with zero attached hydrogens (tertiary/aromatic N) is 4. The van der Waals surface area contributed by atoms with Crippen molar-refractivity contribution in [3.05, 3.63) is 63.6 Å². The van der Waals surface area contributed by atoms with Gasteiger partial charge in [0.05, 0.1) is 5.69 Å². The third-order valence-corrected chi connectivity index (χ3v) is 4.20. The Balaban J connectivity index is 1.88. The highest BCUT2D eigenvalue weighted by Gasteiger charge is 2.14. The van der Waals surface area contributed by atoms with E-state index in [0.29, 0.717) is 11.4 Å². The molecule has 3 rings (SSSR count). The SMILES string of the molecule is CC(=O)Nc1ccc(OCc2c(C)cccc2-n2nnn(C)c2=O)c(C)c1. The fraction of sp³-hybridized carbons (Fsp3) is 0.263. The van der Waals surface area contributed by atoms with E-state index in [4.69, 9.17) is 4.74 Å². The predicted molar refractivity (Wildman–Crippen MR) is 101 cm³/mol. The van der Waals surface area contributed by atoms with Gasteiger partial charge in [-0.05, 0) is 59.7 Å². The fourth-order valence-corrected chi connectivity index (χ4v) is 2.78. The first-order chi connectivity index (χ1) is 12.9. The standard InChI is InChI=1S/C19H21N5O3/c1-12-6-5-7-17(24-19(26)23(4)21-22-24)16(12)11-27-18-9-8-15(10-13(18)2)20-14(3)25/h5-10H,11H2,1-4H3,(H,20,25). The molecule has 1 N–H and O–H groups in total. The summed E-state index contributed by atoms with van der Waals surface area (Å²) in [5.41, 5.74) is 3.77. The lowest BCUT2D eigenvalue weighted by atomic mass is 10.1. The zero-order valence-corrected chi connectivity index (χ0v) is 15.7. The van der Waals surface area contributed by atoms with Crippen molar-refractivity contribution in [2.45, 2.75) is 27.4 Å². The number of hydrogen-bond acceptors (Lipinski definition) is 5. The second kappa shape index (κ2) is 7.45. The molecule has 0 saturated heterocycles. The highest BCUT2D eigenvalue weighted by molar-refractivity contribution is 5.88. The zero-order chi connectivity index (χ0) is 19.6. The van der Waals surface area contributed by atoms with Crippen molar-refractivity contribution in [2.75, 3.05) is 5.32 Å². The van der Waals surface area contributed by atoms with Crippen LogP contribution in [0.4, 0.5) is 5.69 Å². The van der Waals surface area contributed by atoms with Gasteiger partial charge in [-0.15, -0.1) is 0 Å². The molecule has 3 aromatic rings. The summed E-state index contributed by atoms with van der Waals surface area (Å²) in [6.07, 6.45) is 0. The van der Waals surface area contributed by atoms with E-state index in [9.17, 15) is 9.59 Å². The van der Waals surface area contributed by atoms with E-state index < -0.39 is 0 Å². The van der Waals surface area contributed by atoms with Crippen LogP contribution in [-0.2, 0) is 18.4 Å². The lowest BCUT2D eigenvalue weighted by molar-refractivity contribution is -0.114. The number of benzene rings is 2. The Labute approximate surface area is 156 Å². The van der Waals surface area contributed by atoms with Gasteiger partial charge in [0.2, 0.25) is 5.91 Å². The minimum Gasteiger partial charge on any atom is -0.489 e. The molecule has 2 aromatic carbocycles. The van der Waals surface area contributed by atoms with Gasteiger partial charge < -0.3 is 10.1 Å². The molecule has 8 heteroatoms. The average Bonchev–Trinajstić information content (AvgIpc) is 2.93. The van der Waals surface area contributed by atoms with Crippen LogP contribution in [0.15, 0.2) is 41.2 Å². The van der Waals surface area contributed by atoms with E-state index in [0.717, 1.165) is 22.4 Å². The van der Waals surface area contributed by atoms with Crippen molar-refractivity contribution < 1.29 is 9.53 Å². The lowest BCUT2D eigenvalue weighted by Gasteiger charge is -2.15. The maximum Gasteiger partial charge on any atom is 0.368 e. The summed E-state index contributed by atoms with van der Waals surface area (Å²) in [5, 5.41) is 10.4. The Kier molecular flexibility index (Phi) is 5.07. The van der Waals surface area contributed by atoms with Crippen LogP contribution < -0.4 is 15.7 Å². The van der Waals surface area contributed by atoms with Crippen molar-refractivity contribution >= 4 is 11.6 Å². The highest BCUT2D eigenvalue weighted by Crippen LogP contribution is 2.25. The van der Waals surface area contributed by atoms with E-state index in [1.165, 1.54) is 16.3 Å². The molecule has 0 fully saturated rings. The number of ether oxygens (including phenoxy) is 1. The minimum absolute atomic E-state index is 0.123. The van der Waals surface area contributed by atoms with Gasteiger partial charge >= 0.3 is 5.69 Å². The molecule has 0 unspecified atom stereocenters. The fourth-order valence-electron chi connectivity index (χ4n) is 2.78. The van der Waals surface area contributed by atoms with Gasteiger partial charge in [-0.25, -0.2) is 4.79 Å². The molecular weight excluding hydrogens is 346 g/mol. The van der Waals surface area contributed by atoms with Gasteiger partial charge in [-0.3, -0.25) is 4.79 Å². The van der Waals surface area contributed by atoms with E-state index in [1.807, 2.05) is 44.2 Å². The normalized spacial score (nSPS) is 10.7. The number of hydrogen-bond donors (Lipinski definition) is 1. The van der Waals surface area contributed by atoms with Crippen molar-refractivity contribution in [2.24, 2.45) is 7.05 Å². The molecule has 0 aliphatic rings. The van der Waals surface area contributed by atoms with Crippen molar-refractivity contribution in [3.63, 3.8) is 0 Å². The first-order valence-corrected chi connectivity index (χ1v) is 8.45. The zero-order valence-electron chi connectivity index (χ0n) is 15.7. The first-order valence-electron chi connectivity index (χ1n) is 8.45. The summed E-state index contributed by atoms with van der Waals surface area (Å²) >= 11 is 0. The number of aromatic nitrogens is 4. The Bertz CT molecular complexity index is 1050. The number of nitrogens with one attached hydrogen (secondary N) is 1. The van der Waals surface area contributed by atoms with E-state index >= 15 is 0 Å². The van der Waals surface area contributed by atoms with Gasteiger partial charge in [0.15, 0.2) is 0 Å². The number of aryl methyl sites for hydroxylation is 3. The van der Waals surface area contributed by atoms with Crippen LogP contribution in [-0.4, -0.2) is 25.7 Å². The number of carbonyl (C=O) groups excluding carboxylic acids is 1. The largest absolute Gasteiger partial charge is 0.489 e. The topological polar surface area (TPSA) is 91.0 Å². The first kappa shape index (κ1) is 18.4. The number of amides is 1. The average molecular weight is 367 g/mol. The van der Waals surface area contributed by atoms with Crippen LogP contribution in [0, 0.1) is 13.8 Å². The molecule has 27 heavy (non-hydrogen) atoms. The molecule has 1 amide bonds. The summed E-state index contributed by atoms with van der Waals surface area (Å²) in [7, 11) is 1.55. The summed E-state index contributed by atoms with van der Waals surface area (Å²) in [5.74, 6) is 0.576. The lowest BCUT2D eigenvalue weighted by Crippen LogP contribution is -2.23. The van der Waals surface area contributed by atoms with Gasteiger partial charge in [-0.2, -0.15) is 9.36 Å². The van der Waals surface area contributed by atoms with Gasteiger partial charge in [-0.1, -0.05) is 12.1 Å². The number of tetrazole rings is 1. The minimum atomic E-state index is -0.322. The molecule has 1 heterocycles. The van der Waals surface area contributed by atoms with Crippen LogP contribution in [0.2, 0.25) is 0 Å². The monoisotopic (exact) mass is 367 g/mol. The van der Waals surface area contributed by atoms with Crippen LogP contribution >= 0.6 is 0 Å². The molecular formula is C19H21N5O3. The summed E-state index contributed by atoms with van der Waals surface area (Å²) in [6.45, 7) is 5.60. The quantitative estimate of drug-likeness (QED) is 0.746. The summed E-state index contributed by atoms with van der Waals surface area (Å²) in [6, 6.07) is 11.1. The number of carbonyl (C=O) groups is 1. The van der Waals surface area contributed by atoms with Crippen molar-refractivity contribution in [3.8, 4) is 11.4 Å². The Hall–Kier alpha value is -3.42. The summed E-state index contributed by atoms with van der Waals surface area (Å²) < 4.78 is 8.43. The van der Waals surface area contributed by atoms with Crippen molar-refractivity contribution in [1.82, 2.24) is 19.8 Å². The molecule has 8 nitrogen and oxygen atoms in total.